The zero-order valence-electron chi connectivity index (χ0n) is 28.1. The van der Waals surface area contributed by atoms with Crippen molar-refractivity contribution in [2.75, 3.05) is 19.8 Å². The van der Waals surface area contributed by atoms with Gasteiger partial charge in [0.25, 0.3) is 0 Å². The Morgan fingerprint density at radius 1 is 0.350 bits per heavy atom. The average molecular weight is 583 g/mol. The molecule has 0 atom stereocenters. The molecule has 4 heteroatoms. The first-order chi connectivity index (χ1) is 19.7. The molecule has 0 fully saturated rings. The lowest BCUT2D eigenvalue weighted by atomic mass is 10.1. The standard InChI is InChI=1S/C36H74O3Si/c1-5-9-13-17-21-22-23-24-28-32-36-40(37-33-29-25-18-14-10-6-2,38-34-30-26-19-15-11-7-3)39-35-31-27-20-16-12-8-4/h32,36H,5-31,33-35H2,1-4H3. The van der Waals surface area contributed by atoms with Crippen molar-refractivity contribution in [3.63, 3.8) is 0 Å². The summed E-state index contributed by atoms with van der Waals surface area (Å²) in [5.41, 5.74) is 2.26. The Bertz CT molecular complexity index is 451. The SMILES string of the molecule is CCCCCCCCCCC=C[Si](OCCCCCCCC)(OCCCCCCCC)OCCCCCCCC. The number of unbranched alkanes of at least 4 members (excludes halogenated alkanes) is 23. The van der Waals surface area contributed by atoms with E-state index < -0.39 is 8.80 Å². The first-order valence-electron chi connectivity index (χ1n) is 18.3. The van der Waals surface area contributed by atoms with Gasteiger partial charge in [0.1, 0.15) is 0 Å². The maximum atomic E-state index is 6.62. The van der Waals surface area contributed by atoms with Crippen LogP contribution in [0.3, 0.4) is 0 Å². The largest absolute Gasteiger partial charge is 0.529 e. The van der Waals surface area contributed by atoms with Gasteiger partial charge >= 0.3 is 8.80 Å². The summed E-state index contributed by atoms with van der Waals surface area (Å²) in [4.78, 5) is 0. The van der Waals surface area contributed by atoms with Crippen molar-refractivity contribution in [2.24, 2.45) is 0 Å². The minimum absolute atomic E-state index is 0.771. The highest BCUT2D eigenvalue weighted by molar-refractivity contribution is 6.66. The van der Waals surface area contributed by atoms with E-state index >= 15 is 0 Å². The number of hydrogen-bond donors (Lipinski definition) is 0. The summed E-state index contributed by atoms with van der Waals surface area (Å²) in [6.45, 7) is 11.5. The molecule has 0 aliphatic heterocycles. The topological polar surface area (TPSA) is 27.7 Å². The molecular weight excluding hydrogens is 508 g/mol. The van der Waals surface area contributed by atoms with Crippen LogP contribution in [0, 0.1) is 0 Å². The van der Waals surface area contributed by atoms with Gasteiger partial charge in [-0.25, -0.2) is 0 Å². The molecule has 240 valence electrons. The molecule has 0 unspecified atom stereocenters. The first kappa shape index (κ1) is 39.8. The fraction of sp³-hybridized carbons (Fsp3) is 0.944. The molecule has 40 heavy (non-hydrogen) atoms. The number of rotatable bonds is 34. The fourth-order valence-electron chi connectivity index (χ4n) is 5.18. The summed E-state index contributed by atoms with van der Waals surface area (Å²) in [7, 11) is -2.79. The molecule has 0 rings (SSSR count). The monoisotopic (exact) mass is 583 g/mol. The summed E-state index contributed by atoms with van der Waals surface area (Å²) in [6, 6.07) is 0. The molecule has 0 aromatic heterocycles. The van der Waals surface area contributed by atoms with Crippen LogP contribution in [0.15, 0.2) is 11.8 Å². The van der Waals surface area contributed by atoms with Crippen molar-refractivity contribution >= 4 is 8.80 Å². The molecule has 0 aromatic carbocycles. The zero-order chi connectivity index (χ0) is 29.2. The molecule has 0 spiro atoms. The van der Waals surface area contributed by atoms with Gasteiger partial charge in [-0.2, -0.15) is 0 Å². The zero-order valence-corrected chi connectivity index (χ0v) is 29.1. The molecule has 0 aromatic rings. The third kappa shape index (κ3) is 28.0. The van der Waals surface area contributed by atoms with Gasteiger partial charge in [-0.05, 0) is 37.8 Å². The Labute approximate surface area is 254 Å². The second-order valence-electron chi connectivity index (χ2n) is 12.1. The molecule has 0 saturated heterocycles. The van der Waals surface area contributed by atoms with Crippen molar-refractivity contribution in [2.45, 2.75) is 201 Å². The maximum Gasteiger partial charge on any atom is 0.529 e. The molecule has 0 heterocycles. The van der Waals surface area contributed by atoms with Crippen molar-refractivity contribution < 1.29 is 13.3 Å². The van der Waals surface area contributed by atoms with Gasteiger partial charge < -0.3 is 13.3 Å². The van der Waals surface area contributed by atoms with E-state index in [0.29, 0.717) is 0 Å². The second kappa shape index (κ2) is 33.3. The van der Waals surface area contributed by atoms with Gasteiger partial charge in [0.15, 0.2) is 0 Å². The van der Waals surface area contributed by atoms with E-state index in [0.717, 1.165) is 45.5 Å². The fourth-order valence-corrected chi connectivity index (χ4v) is 7.46. The van der Waals surface area contributed by atoms with Crippen molar-refractivity contribution in [1.82, 2.24) is 0 Å². The quantitative estimate of drug-likeness (QED) is 0.0558. The van der Waals surface area contributed by atoms with Crippen LogP contribution in [0.1, 0.15) is 201 Å². The first-order valence-corrected chi connectivity index (χ1v) is 20.1. The summed E-state index contributed by atoms with van der Waals surface area (Å²) in [6.07, 6.45) is 37.4. The minimum Gasteiger partial charge on any atom is -0.370 e. The van der Waals surface area contributed by atoms with Gasteiger partial charge in [0.2, 0.25) is 0 Å². The number of allylic oxidation sites excluding steroid dienone is 1. The normalized spacial score (nSPS) is 12.2. The summed E-state index contributed by atoms with van der Waals surface area (Å²) < 4.78 is 19.9. The van der Waals surface area contributed by atoms with Gasteiger partial charge in [0.05, 0.1) is 0 Å². The molecule has 0 radical (unpaired) electrons. The summed E-state index contributed by atoms with van der Waals surface area (Å²) in [5.74, 6) is 0. The van der Waals surface area contributed by atoms with E-state index in [9.17, 15) is 0 Å². The Hall–Kier alpha value is -0.163. The molecule has 0 aliphatic rings. The predicted molar refractivity (Wildman–Crippen MR) is 180 cm³/mol. The summed E-state index contributed by atoms with van der Waals surface area (Å²) >= 11 is 0. The van der Waals surface area contributed by atoms with Crippen molar-refractivity contribution in [3.05, 3.63) is 11.8 Å². The van der Waals surface area contributed by atoms with Gasteiger partial charge in [-0.15, -0.1) is 0 Å². The highest BCUT2D eigenvalue weighted by Crippen LogP contribution is 2.19. The smallest absolute Gasteiger partial charge is 0.370 e. The van der Waals surface area contributed by atoms with E-state index in [1.807, 2.05) is 0 Å². The Morgan fingerprint density at radius 3 is 0.950 bits per heavy atom. The van der Waals surface area contributed by atoms with E-state index in [-0.39, 0.29) is 0 Å². The highest BCUT2D eigenvalue weighted by atomic mass is 28.4. The molecule has 0 saturated carbocycles. The van der Waals surface area contributed by atoms with E-state index in [2.05, 4.69) is 39.5 Å². The third-order valence-corrected chi connectivity index (χ3v) is 10.4. The van der Waals surface area contributed by atoms with Crippen LogP contribution >= 0.6 is 0 Å². The minimum atomic E-state index is -2.79. The van der Waals surface area contributed by atoms with Gasteiger partial charge in [-0.3, -0.25) is 0 Å². The molecule has 3 nitrogen and oxygen atoms in total. The van der Waals surface area contributed by atoms with Crippen LogP contribution in [0.5, 0.6) is 0 Å². The lowest BCUT2D eigenvalue weighted by Crippen LogP contribution is -2.45. The predicted octanol–water partition coefficient (Wildman–Crippen LogP) is 12.7. The Kier molecular flexibility index (Phi) is 33.2. The molecule has 0 amide bonds. The lowest BCUT2D eigenvalue weighted by molar-refractivity contribution is 0.0672. The maximum absolute atomic E-state index is 6.62. The molecule has 0 bridgehead atoms. The van der Waals surface area contributed by atoms with Crippen LogP contribution in [0.4, 0.5) is 0 Å². The highest BCUT2D eigenvalue weighted by Gasteiger charge is 2.38. The van der Waals surface area contributed by atoms with Crippen LogP contribution in [-0.4, -0.2) is 28.6 Å². The van der Waals surface area contributed by atoms with Crippen molar-refractivity contribution in [1.29, 1.82) is 0 Å². The van der Waals surface area contributed by atoms with Crippen LogP contribution < -0.4 is 0 Å². The molecular formula is C36H74O3Si. The van der Waals surface area contributed by atoms with E-state index in [1.165, 1.54) is 148 Å². The van der Waals surface area contributed by atoms with E-state index in [4.69, 9.17) is 13.3 Å². The number of hydrogen-bond acceptors (Lipinski definition) is 3. The van der Waals surface area contributed by atoms with Crippen LogP contribution in [-0.2, 0) is 13.3 Å². The Balaban J connectivity index is 4.88. The molecule has 0 aliphatic carbocycles. The van der Waals surface area contributed by atoms with E-state index in [1.54, 1.807) is 0 Å². The molecule has 0 N–H and O–H groups in total. The third-order valence-electron chi connectivity index (χ3n) is 7.95. The van der Waals surface area contributed by atoms with Crippen LogP contribution in [0.25, 0.3) is 0 Å². The summed E-state index contributed by atoms with van der Waals surface area (Å²) in [5, 5.41) is 0. The van der Waals surface area contributed by atoms with Gasteiger partial charge in [0, 0.05) is 19.8 Å². The lowest BCUT2D eigenvalue weighted by Gasteiger charge is -2.27. The van der Waals surface area contributed by atoms with Gasteiger partial charge in [-0.1, -0.05) is 175 Å². The second-order valence-corrected chi connectivity index (χ2v) is 14.5. The average Bonchev–Trinajstić information content (AvgIpc) is 2.96. The van der Waals surface area contributed by atoms with Crippen LogP contribution in [0.2, 0.25) is 0 Å². The van der Waals surface area contributed by atoms with Crippen molar-refractivity contribution in [3.8, 4) is 0 Å². The Morgan fingerprint density at radius 2 is 0.625 bits per heavy atom.